The lowest BCUT2D eigenvalue weighted by atomic mass is 10.2. The third-order valence-electron chi connectivity index (χ3n) is 6.44. The van der Waals surface area contributed by atoms with Crippen molar-refractivity contribution in [2.75, 3.05) is 9.80 Å². The van der Waals surface area contributed by atoms with Crippen molar-refractivity contribution in [3.8, 4) is 11.5 Å². The Hall–Kier alpha value is -5.28. The Balaban J connectivity index is 1.34. The highest BCUT2D eigenvalue weighted by Crippen LogP contribution is 2.39. The van der Waals surface area contributed by atoms with Gasteiger partial charge < -0.3 is 14.5 Å². The summed E-state index contributed by atoms with van der Waals surface area (Å²) in [5, 5.41) is 0. The third-order valence-corrected chi connectivity index (χ3v) is 6.44. The number of anilines is 6. The van der Waals surface area contributed by atoms with Crippen LogP contribution in [0.15, 0.2) is 170 Å². The number of nitrogens with zero attached hydrogens (tertiary/aromatic N) is 2. The maximum absolute atomic E-state index is 6.45. The summed E-state index contributed by atoms with van der Waals surface area (Å²) in [4.78, 5) is 4.46. The Kier molecular flexibility index (Phi) is 7.04. The largest absolute Gasteiger partial charge is 0.457 e. The van der Waals surface area contributed by atoms with Crippen LogP contribution in [0.1, 0.15) is 0 Å². The first-order valence-electron chi connectivity index (χ1n) is 13.0. The van der Waals surface area contributed by atoms with E-state index in [1.54, 1.807) is 0 Å². The van der Waals surface area contributed by atoms with Gasteiger partial charge in [-0.2, -0.15) is 0 Å². The molecule has 3 nitrogen and oxygen atoms in total. The monoisotopic (exact) mass is 504 g/mol. The molecule has 0 radical (unpaired) electrons. The molecule has 0 amide bonds. The van der Waals surface area contributed by atoms with Gasteiger partial charge in [-0.1, -0.05) is 84.9 Å². The van der Waals surface area contributed by atoms with E-state index in [9.17, 15) is 0 Å². The Morgan fingerprint density at radius 1 is 0.282 bits per heavy atom. The highest BCUT2D eigenvalue weighted by molar-refractivity contribution is 5.78. The summed E-state index contributed by atoms with van der Waals surface area (Å²) >= 11 is 0. The zero-order valence-electron chi connectivity index (χ0n) is 21.5. The van der Waals surface area contributed by atoms with Gasteiger partial charge in [0, 0.05) is 46.3 Å². The molecule has 188 valence electrons. The number of ether oxygens (including phenoxy) is 1. The van der Waals surface area contributed by atoms with Gasteiger partial charge in [-0.05, 0) is 72.8 Å². The molecule has 6 aromatic rings. The lowest BCUT2D eigenvalue weighted by molar-refractivity contribution is 0.483. The van der Waals surface area contributed by atoms with E-state index in [0.29, 0.717) is 0 Å². The summed E-state index contributed by atoms with van der Waals surface area (Å²) in [6.07, 6.45) is 0. The standard InChI is InChI=1S/C36H28N2O/c1-5-15-29(16-6-1)37(30-17-7-2-8-18-30)33-23-13-25-35(27-33)39-36-26-14-24-34(28-36)38(31-19-9-3-10-20-31)32-21-11-4-12-22-32/h1-28H. The fourth-order valence-electron chi connectivity index (χ4n) is 4.71. The molecular formula is C36H28N2O. The van der Waals surface area contributed by atoms with Crippen molar-refractivity contribution in [1.82, 2.24) is 0 Å². The van der Waals surface area contributed by atoms with Gasteiger partial charge >= 0.3 is 0 Å². The first-order valence-corrected chi connectivity index (χ1v) is 13.0. The van der Waals surface area contributed by atoms with E-state index in [4.69, 9.17) is 4.74 Å². The van der Waals surface area contributed by atoms with Gasteiger partial charge in [0.1, 0.15) is 11.5 Å². The summed E-state index contributed by atoms with van der Waals surface area (Å²) in [6.45, 7) is 0. The molecule has 39 heavy (non-hydrogen) atoms. The first-order chi connectivity index (χ1) is 19.3. The van der Waals surface area contributed by atoms with Crippen molar-refractivity contribution in [3.63, 3.8) is 0 Å². The number of hydrogen-bond acceptors (Lipinski definition) is 3. The molecule has 0 fully saturated rings. The van der Waals surface area contributed by atoms with Gasteiger partial charge in [-0.15, -0.1) is 0 Å². The van der Waals surface area contributed by atoms with Gasteiger partial charge in [-0.25, -0.2) is 0 Å². The maximum atomic E-state index is 6.45. The molecule has 0 N–H and O–H groups in total. The second-order valence-electron chi connectivity index (χ2n) is 9.11. The molecule has 0 saturated carbocycles. The molecule has 0 unspecified atom stereocenters. The molecule has 0 aliphatic heterocycles. The average Bonchev–Trinajstić information content (AvgIpc) is 3.00. The van der Waals surface area contributed by atoms with Crippen LogP contribution in [0.3, 0.4) is 0 Å². The Labute approximate surface area is 229 Å². The molecule has 0 aliphatic carbocycles. The van der Waals surface area contributed by atoms with Crippen molar-refractivity contribution in [1.29, 1.82) is 0 Å². The first kappa shape index (κ1) is 24.1. The predicted molar refractivity (Wildman–Crippen MR) is 162 cm³/mol. The second kappa shape index (κ2) is 11.4. The number of rotatable bonds is 8. The molecule has 0 bridgehead atoms. The van der Waals surface area contributed by atoms with E-state index in [0.717, 1.165) is 45.6 Å². The van der Waals surface area contributed by atoms with Crippen LogP contribution >= 0.6 is 0 Å². The van der Waals surface area contributed by atoms with Crippen molar-refractivity contribution < 1.29 is 4.74 Å². The number of para-hydroxylation sites is 4. The van der Waals surface area contributed by atoms with Crippen LogP contribution in [0.2, 0.25) is 0 Å². The lowest BCUT2D eigenvalue weighted by Gasteiger charge is -2.26. The van der Waals surface area contributed by atoms with Gasteiger partial charge in [0.2, 0.25) is 0 Å². The van der Waals surface area contributed by atoms with Crippen LogP contribution in [-0.2, 0) is 0 Å². The molecule has 3 heteroatoms. The number of hydrogen-bond donors (Lipinski definition) is 0. The molecule has 0 spiro atoms. The topological polar surface area (TPSA) is 15.7 Å². The van der Waals surface area contributed by atoms with E-state index in [2.05, 4.69) is 131 Å². The Morgan fingerprint density at radius 2 is 0.564 bits per heavy atom. The summed E-state index contributed by atoms with van der Waals surface area (Å²) in [7, 11) is 0. The molecule has 0 heterocycles. The second-order valence-corrected chi connectivity index (χ2v) is 9.11. The summed E-state index contributed by atoms with van der Waals surface area (Å²) in [5.41, 5.74) is 6.40. The highest BCUT2D eigenvalue weighted by atomic mass is 16.5. The molecule has 0 atom stereocenters. The van der Waals surface area contributed by atoms with Gasteiger partial charge in [0.15, 0.2) is 0 Å². The predicted octanol–water partition coefficient (Wildman–Crippen LogP) is 10.4. The van der Waals surface area contributed by atoms with Gasteiger partial charge in [-0.3, -0.25) is 0 Å². The maximum Gasteiger partial charge on any atom is 0.129 e. The third kappa shape index (κ3) is 5.53. The van der Waals surface area contributed by atoms with Crippen molar-refractivity contribution in [2.45, 2.75) is 0 Å². The van der Waals surface area contributed by atoms with Crippen LogP contribution in [0, 0.1) is 0 Å². The minimum atomic E-state index is 0.771. The summed E-state index contributed by atoms with van der Waals surface area (Å²) in [5.74, 6) is 1.54. The molecule has 6 rings (SSSR count). The smallest absolute Gasteiger partial charge is 0.129 e. The molecule has 6 aromatic carbocycles. The summed E-state index contributed by atoms with van der Waals surface area (Å²) < 4.78 is 6.45. The van der Waals surface area contributed by atoms with E-state index in [1.807, 2.05) is 48.5 Å². The van der Waals surface area contributed by atoms with Crippen molar-refractivity contribution in [2.24, 2.45) is 0 Å². The van der Waals surface area contributed by atoms with Crippen molar-refractivity contribution in [3.05, 3.63) is 170 Å². The molecule has 0 saturated heterocycles. The van der Waals surface area contributed by atoms with Crippen LogP contribution in [0.5, 0.6) is 11.5 Å². The Bertz CT molecular complexity index is 1420. The van der Waals surface area contributed by atoms with E-state index >= 15 is 0 Å². The minimum absolute atomic E-state index is 0.771. The zero-order chi connectivity index (χ0) is 26.3. The normalized spacial score (nSPS) is 10.6. The van der Waals surface area contributed by atoms with Crippen molar-refractivity contribution >= 4 is 34.1 Å². The SMILES string of the molecule is c1ccc(N(c2ccccc2)c2cccc(Oc3cccc(N(c4ccccc4)c4ccccc4)c3)c2)cc1. The number of benzene rings is 6. The van der Waals surface area contributed by atoms with Crippen LogP contribution < -0.4 is 14.5 Å². The van der Waals surface area contributed by atoms with Crippen LogP contribution in [0.25, 0.3) is 0 Å². The van der Waals surface area contributed by atoms with E-state index in [-0.39, 0.29) is 0 Å². The fourth-order valence-corrected chi connectivity index (χ4v) is 4.71. The van der Waals surface area contributed by atoms with E-state index < -0.39 is 0 Å². The average molecular weight is 505 g/mol. The van der Waals surface area contributed by atoms with E-state index in [1.165, 1.54) is 0 Å². The molecule has 0 aliphatic rings. The Morgan fingerprint density at radius 3 is 0.872 bits per heavy atom. The summed E-state index contributed by atoms with van der Waals surface area (Å²) in [6, 6.07) is 58.0. The van der Waals surface area contributed by atoms with Gasteiger partial charge in [0.25, 0.3) is 0 Å². The minimum Gasteiger partial charge on any atom is -0.457 e. The van der Waals surface area contributed by atoms with Crippen LogP contribution in [-0.4, -0.2) is 0 Å². The van der Waals surface area contributed by atoms with Crippen LogP contribution in [0.4, 0.5) is 34.1 Å². The fraction of sp³-hybridized carbons (Fsp3) is 0. The quantitative estimate of drug-likeness (QED) is 0.205. The van der Waals surface area contributed by atoms with Gasteiger partial charge in [0.05, 0.1) is 0 Å². The zero-order valence-corrected chi connectivity index (χ0v) is 21.5. The highest BCUT2D eigenvalue weighted by Gasteiger charge is 2.15. The molecular weight excluding hydrogens is 476 g/mol. The lowest BCUT2D eigenvalue weighted by Crippen LogP contribution is -2.10. The molecule has 0 aromatic heterocycles.